The van der Waals surface area contributed by atoms with Crippen molar-refractivity contribution < 1.29 is 0 Å². The minimum Gasteiger partial charge on any atom is -0.298 e. The van der Waals surface area contributed by atoms with Crippen LogP contribution in [0.3, 0.4) is 0 Å². The molecule has 0 aromatic carbocycles. The highest BCUT2D eigenvalue weighted by atomic mass is 32.1. The van der Waals surface area contributed by atoms with Crippen molar-refractivity contribution in [3.63, 3.8) is 0 Å². The quantitative estimate of drug-likeness (QED) is 0.844. The topological polar surface area (TPSA) is 46.5 Å². The number of aryl methyl sites for hydroxylation is 1. The second-order valence-electron chi connectivity index (χ2n) is 6.40. The number of rotatable bonds is 2. The zero-order valence-electron chi connectivity index (χ0n) is 13.0. The molecule has 1 N–H and O–H groups in total. The normalized spacial score (nSPS) is 12.2. The van der Waals surface area contributed by atoms with Crippen LogP contribution in [-0.4, -0.2) is 19.7 Å². The minimum absolute atomic E-state index is 0.0477. The van der Waals surface area contributed by atoms with Crippen molar-refractivity contribution in [3.05, 3.63) is 28.3 Å². The zero-order valence-corrected chi connectivity index (χ0v) is 13.8. The Morgan fingerprint density at radius 3 is 2.40 bits per heavy atom. The maximum atomic E-state index is 5.30. The van der Waals surface area contributed by atoms with Gasteiger partial charge >= 0.3 is 0 Å². The maximum absolute atomic E-state index is 5.30. The van der Waals surface area contributed by atoms with Crippen LogP contribution in [-0.2, 0) is 5.41 Å². The van der Waals surface area contributed by atoms with Crippen LogP contribution >= 0.6 is 12.2 Å². The summed E-state index contributed by atoms with van der Waals surface area (Å²) in [5, 5.41) is 7.24. The molecular formula is C15H22N4S. The average Bonchev–Trinajstić information content (AvgIpc) is 2.69. The van der Waals surface area contributed by atoms with Gasteiger partial charge in [-0.3, -0.25) is 14.6 Å². The van der Waals surface area contributed by atoms with E-state index in [0.717, 1.165) is 22.8 Å². The van der Waals surface area contributed by atoms with E-state index >= 15 is 0 Å². The van der Waals surface area contributed by atoms with Crippen molar-refractivity contribution in [1.29, 1.82) is 0 Å². The summed E-state index contributed by atoms with van der Waals surface area (Å²) in [7, 11) is 0. The Morgan fingerprint density at radius 2 is 1.90 bits per heavy atom. The highest BCUT2D eigenvalue weighted by Gasteiger charge is 2.19. The molecular weight excluding hydrogens is 268 g/mol. The van der Waals surface area contributed by atoms with E-state index in [1.165, 1.54) is 0 Å². The second kappa shape index (κ2) is 5.13. The molecule has 4 nitrogen and oxygen atoms in total. The van der Waals surface area contributed by atoms with Crippen LogP contribution in [0, 0.1) is 11.7 Å². The molecule has 2 aromatic rings. The van der Waals surface area contributed by atoms with Crippen molar-refractivity contribution in [3.8, 4) is 11.4 Å². The number of hydrogen-bond donors (Lipinski definition) is 1. The average molecular weight is 290 g/mol. The van der Waals surface area contributed by atoms with E-state index in [1.54, 1.807) is 0 Å². The van der Waals surface area contributed by atoms with Crippen LogP contribution in [0.25, 0.3) is 11.4 Å². The van der Waals surface area contributed by atoms with E-state index < -0.39 is 0 Å². The van der Waals surface area contributed by atoms with Crippen molar-refractivity contribution >= 4 is 12.2 Å². The SMILES string of the molecule is Cc1nc(C(C)(C)C)ccc1-c1n[nH]c(=S)n1C(C)C. The molecule has 0 saturated carbocycles. The number of H-pyrrole nitrogens is 1. The van der Waals surface area contributed by atoms with Gasteiger partial charge in [-0.1, -0.05) is 20.8 Å². The van der Waals surface area contributed by atoms with Crippen LogP contribution in [0.15, 0.2) is 12.1 Å². The van der Waals surface area contributed by atoms with Crippen LogP contribution in [0.1, 0.15) is 52.0 Å². The molecule has 5 heteroatoms. The monoisotopic (exact) mass is 290 g/mol. The van der Waals surface area contributed by atoms with Gasteiger partial charge in [0.05, 0.1) is 0 Å². The molecule has 0 bridgehead atoms. The molecule has 0 aliphatic heterocycles. The Morgan fingerprint density at radius 1 is 1.25 bits per heavy atom. The zero-order chi connectivity index (χ0) is 15.1. The number of pyridine rings is 1. The minimum atomic E-state index is 0.0477. The lowest BCUT2D eigenvalue weighted by molar-refractivity contribution is 0.566. The first kappa shape index (κ1) is 14.9. The molecule has 108 valence electrons. The smallest absolute Gasteiger partial charge is 0.195 e. The summed E-state index contributed by atoms with van der Waals surface area (Å²) in [6.45, 7) is 12.7. The molecule has 2 rings (SSSR count). The summed E-state index contributed by atoms with van der Waals surface area (Å²) >= 11 is 5.30. The summed E-state index contributed by atoms with van der Waals surface area (Å²) in [6.07, 6.45) is 0. The molecule has 0 spiro atoms. The van der Waals surface area contributed by atoms with E-state index in [2.05, 4.69) is 56.9 Å². The predicted molar refractivity (Wildman–Crippen MR) is 84.5 cm³/mol. The van der Waals surface area contributed by atoms with E-state index in [1.807, 2.05) is 11.5 Å². The van der Waals surface area contributed by atoms with Gasteiger partial charge in [0.15, 0.2) is 10.6 Å². The lowest BCUT2D eigenvalue weighted by Crippen LogP contribution is -2.14. The molecule has 20 heavy (non-hydrogen) atoms. The summed E-state index contributed by atoms with van der Waals surface area (Å²) in [5.41, 5.74) is 3.14. The Kier molecular flexibility index (Phi) is 3.82. The summed E-state index contributed by atoms with van der Waals surface area (Å²) in [6, 6.07) is 4.43. The molecule has 0 fully saturated rings. The van der Waals surface area contributed by atoms with Gasteiger partial charge < -0.3 is 0 Å². The number of hydrogen-bond acceptors (Lipinski definition) is 3. The van der Waals surface area contributed by atoms with Crippen LogP contribution in [0.2, 0.25) is 0 Å². The molecule has 0 aliphatic carbocycles. The first-order chi connectivity index (χ1) is 9.21. The maximum Gasteiger partial charge on any atom is 0.195 e. The lowest BCUT2D eigenvalue weighted by Gasteiger charge is -2.19. The molecule has 0 aliphatic rings. The summed E-state index contributed by atoms with van der Waals surface area (Å²) in [5.74, 6) is 0.857. The molecule has 0 atom stereocenters. The first-order valence-corrected chi connectivity index (χ1v) is 7.28. The second-order valence-corrected chi connectivity index (χ2v) is 6.78. The van der Waals surface area contributed by atoms with E-state index in [-0.39, 0.29) is 11.5 Å². The third-order valence-corrected chi connectivity index (χ3v) is 3.60. The van der Waals surface area contributed by atoms with Crippen LogP contribution in [0.4, 0.5) is 0 Å². The van der Waals surface area contributed by atoms with Gasteiger partial charge in [0.25, 0.3) is 0 Å². The van der Waals surface area contributed by atoms with E-state index in [4.69, 9.17) is 17.2 Å². The predicted octanol–water partition coefficient (Wildman–Crippen LogP) is 4.19. The Labute approximate surface area is 125 Å². The van der Waals surface area contributed by atoms with Gasteiger partial charge in [0.2, 0.25) is 0 Å². The van der Waals surface area contributed by atoms with Crippen LogP contribution in [0.5, 0.6) is 0 Å². The van der Waals surface area contributed by atoms with Gasteiger partial charge in [-0.2, -0.15) is 5.10 Å². The number of nitrogens with one attached hydrogen (secondary N) is 1. The molecule has 2 heterocycles. The van der Waals surface area contributed by atoms with E-state index in [0.29, 0.717) is 4.77 Å². The fourth-order valence-corrected chi connectivity index (χ4v) is 2.53. The Hall–Kier alpha value is -1.49. The molecule has 0 saturated heterocycles. The third kappa shape index (κ3) is 2.68. The largest absolute Gasteiger partial charge is 0.298 e. The van der Waals surface area contributed by atoms with Crippen LogP contribution < -0.4 is 0 Å². The van der Waals surface area contributed by atoms with Gasteiger partial charge in [0, 0.05) is 28.4 Å². The van der Waals surface area contributed by atoms with Crippen molar-refractivity contribution in [2.45, 2.75) is 53.0 Å². The summed E-state index contributed by atoms with van der Waals surface area (Å²) in [4.78, 5) is 4.73. The summed E-state index contributed by atoms with van der Waals surface area (Å²) < 4.78 is 2.67. The molecule has 2 aromatic heterocycles. The lowest BCUT2D eigenvalue weighted by atomic mass is 9.91. The van der Waals surface area contributed by atoms with Gasteiger partial charge in [0.1, 0.15) is 0 Å². The number of aromatic nitrogens is 4. The standard InChI is InChI=1S/C15H22N4S/c1-9(2)19-13(17-18-14(19)20)11-7-8-12(15(4,5)6)16-10(11)3/h7-9H,1-6H3,(H,18,20). The van der Waals surface area contributed by atoms with Gasteiger partial charge in [-0.05, 0) is 45.1 Å². The van der Waals surface area contributed by atoms with Crippen molar-refractivity contribution in [2.75, 3.05) is 0 Å². The van der Waals surface area contributed by atoms with Gasteiger partial charge in [-0.25, -0.2) is 0 Å². The fraction of sp³-hybridized carbons (Fsp3) is 0.533. The highest BCUT2D eigenvalue weighted by Crippen LogP contribution is 2.27. The molecule has 0 radical (unpaired) electrons. The third-order valence-electron chi connectivity index (χ3n) is 3.32. The number of nitrogens with zero attached hydrogens (tertiary/aromatic N) is 3. The fourth-order valence-electron chi connectivity index (χ4n) is 2.19. The first-order valence-electron chi connectivity index (χ1n) is 6.87. The number of aromatic amines is 1. The molecule has 0 unspecified atom stereocenters. The van der Waals surface area contributed by atoms with E-state index in [9.17, 15) is 0 Å². The van der Waals surface area contributed by atoms with Gasteiger partial charge in [-0.15, -0.1) is 0 Å². The van der Waals surface area contributed by atoms with Crippen molar-refractivity contribution in [2.24, 2.45) is 0 Å². The molecule has 0 amide bonds. The highest BCUT2D eigenvalue weighted by molar-refractivity contribution is 7.71. The van der Waals surface area contributed by atoms with Crippen molar-refractivity contribution in [1.82, 2.24) is 19.7 Å². The Balaban J connectivity index is 2.58. The Bertz CT molecular complexity index is 674.